The molecule has 2 aliphatic heterocycles. The third-order valence-corrected chi connectivity index (χ3v) is 7.10. The number of rotatable bonds is 2. The van der Waals surface area contributed by atoms with Crippen LogP contribution in [0, 0.1) is 13.8 Å². The van der Waals surface area contributed by atoms with E-state index in [1.54, 1.807) is 6.92 Å². The average Bonchev–Trinajstić information content (AvgIpc) is 3.03. The first-order chi connectivity index (χ1) is 15.0. The molecule has 3 aliphatic rings. The molecule has 1 aromatic heterocycles. The Bertz CT molecular complexity index is 923. The molecule has 0 unspecified atom stereocenters. The third kappa shape index (κ3) is 3.96. The highest BCUT2D eigenvalue weighted by Crippen LogP contribution is 2.40. The van der Waals surface area contributed by atoms with E-state index >= 15 is 0 Å². The lowest BCUT2D eigenvalue weighted by atomic mass is 9.80. The summed E-state index contributed by atoms with van der Waals surface area (Å²) in [5.74, 6) is 1.46. The van der Waals surface area contributed by atoms with Crippen molar-refractivity contribution >= 4 is 5.91 Å². The van der Waals surface area contributed by atoms with Crippen molar-refractivity contribution in [3.8, 4) is 5.75 Å². The highest BCUT2D eigenvalue weighted by molar-refractivity contribution is 5.96. The first-order valence-electron chi connectivity index (χ1n) is 11.4. The van der Waals surface area contributed by atoms with Crippen LogP contribution in [0.3, 0.4) is 0 Å². The van der Waals surface area contributed by atoms with Crippen molar-refractivity contribution in [2.75, 3.05) is 32.8 Å². The van der Waals surface area contributed by atoms with Gasteiger partial charge in [0, 0.05) is 31.2 Å². The van der Waals surface area contributed by atoms with Gasteiger partial charge in [-0.25, -0.2) is 0 Å². The van der Waals surface area contributed by atoms with Crippen molar-refractivity contribution in [2.24, 2.45) is 0 Å². The van der Waals surface area contributed by atoms with Gasteiger partial charge in [-0.1, -0.05) is 23.4 Å². The molecule has 0 bridgehead atoms. The first kappa shape index (κ1) is 20.5. The Labute approximate surface area is 183 Å². The number of aryl methyl sites for hydroxylation is 2. The lowest BCUT2D eigenvalue weighted by molar-refractivity contribution is -0.0362. The van der Waals surface area contributed by atoms with E-state index in [1.807, 2.05) is 30.0 Å². The monoisotopic (exact) mass is 425 g/mol. The second kappa shape index (κ2) is 8.28. The van der Waals surface area contributed by atoms with E-state index in [9.17, 15) is 4.79 Å². The SMILES string of the molecule is Cc1noc(C)c1C(=O)N1Cc2ccccc2OC2(CCC(N3CCOCC3)CC2)C1. The van der Waals surface area contributed by atoms with Gasteiger partial charge in [0.1, 0.15) is 22.7 Å². The molecule has 3 heterocycles. The lowest BCUT2D eigenvalue weighted by Crippen LogP contribution is -2.53. The number of morpholine rings is 1. The lowest BCUT2D eigenvalue weighted by Gasteiger charge is -2.45. The summed E-state index contributed by atoms with van der Waals surface area (Å²) in [6.45, 7) is 8.43. The predicted octanol–water partition coefficient (Wildman–Crippen LogP) is 3.34. The molecule has 31 heavy (non-hydrogen) atoms. The maximum Gasteiger partial charge on any atom is 0.259 e. The molecule has 0 atom stereocenters. The van der Waals surface area contributed by atoms with Gasteiger partial charge in [-0.3, -0.25) is 9.69 Å². The van der Waals surface area contributed by atoms with Gasteiger partial charge in [0.25, 0.3) is 5.91 Å². The average molecular weight is 426 g/mol. The summed E-state index contributed by atoms with van der Waals surface area (Å²) in [6, 6.07) is 8.69. The normalized spacial score (nSPS) is 26.9. The van der Waals surface area contributed by atoms with Crippen molar-refractivity contribution in [2.45, 2.75) is 57.7 Å². The molecule has 1 saturated carbocycles. The van der Waals surface area contributed by atoms with E-state index in [1.165, 1.54) is 0 Å². The summed E-state index contributed by atoms with van der Waals surface area (Å²) in [7, 11) is 0. The fraction of sp³-hybridized carbons (Fsp3) is 0.583. The zero-order valence-electron chi connectivity index (χ0n) is 18.4. The Morgan fingerprint density at radius 1 is 1.13 bits per heavy atom. The Morgan fingerprint density at radius 3 is 2.58 bits per heavy atom. The second-order valence-electron chi connectivity index (χ2n) is 9.13. The Kier molecular flexibility index (Phi) is 5.48. The highest BCUT2D eigenvalue weighted by Gasteiger charge is 2.44. The van der Waals surface area contributed by atoms with E-state index in [-0.39, 0.29) is 11.5 Å². The van der Waals surface area contributed by atoms with Crippen LogP contribution in [0.5, 0.6) is 5.75 Å². The fourth-order valence-corrected chi connectivity index (χ4v) is 5.40. The minimum absolute atomic E-state index is 0.0220. The number of benzene rings is 1. The van der Waals surface area contributed by atoms with Gasteiger partial charge in [-0.2, -0.15) is 0 Å². The van der Waals surface area contributed by atoms with E-state index in [0.29, 0.717) is 36.1 Å². The van der Waals surface area contributed by atoms with Crippen LogP contribution in [0.2, 0.25) is 0 Å². The molecule has 7 heteroatoms. The summed E-state index contributed by atoms with van der Waals surface area (Å²) in [4.78, 5) is 18.1. The topological polar surface area (TPSA) is 68.0 Å². The maximum absolute atomic E-state index is 13.6. The van der Waals surface area contributed by atoms with Crippen LogP contribution in [0.1, 0.15) is 53.1 Å². The van der Waals surface area contributed by atoms with Gasteiger partial charge in [-0.15, -0.1) is 0 Å². The number of hydrogen-bond acceptors (Lipinski definition) is 6. The van der Waals surface area contributed by atoms with Crippen LogP contribution < -0.4 is 4.74 Å². The molecule has 2 fully saturated rings. The summed E-state index contributed by atoms with van der Waals surface area (Å²) in [6.07, 6.45) is 4.04. The fourth-order valence-electron chi connectivity index (χ4n) is 5.40. The minimum Gasteiger partial charge on any atom is -0.485 e. The van der Waals surface area contributed by atoms with Crippen LogP contribution in [0.15, 0.2) is 28.8 Å². The zero-order chi connectivity index (χ0) is 21.4. The number of para-hydroxylation sites is 1. The highest BCUT2D eigenvalue weighted by atomic mass is 16.5. The van der Waals surface area contributed by atoms with Crippen molar-refractivity contribution in [3.05, 3.63) is 46.8 Å². The minimum atomic E-state index is -0.357. The zero-order valence-corrected chi connectivity index (χ0v) is 18.4. The van der Waals surface area contributed by atoms with Crippen LogP contribution in [0.25, 0.3) is 0 Å². The van der Waals surface area contributed by atoms with Gasteiger partial charge in [0.2, 0.25) is 0 Å². The molecule has 1 amide bonds. The number of aromatic nitrogens is 1. The van der Waals surface area contributed by atoms with Gasteiger partial charge < -0.3 is 18.9 Å². The van der Waals surface area contributed by atoms with Crippen molar-refractivity contribution in [1.82, 2.24) is 15.0 Å². The largest absolute Gasteiger partial charge is 0.485 e. The molecular formula is C24H31N3O4. The smallest absolute Gasteiger partial charge is 0.259 e. The number of carbonyl (C=O) groups is 1. The number of carbonyl (C=O) groups excluding carboxylic acids is 1. The van der Waals surface area contributed by atoms with Gasteiger partial charge in [-0.05, 0) is 45.6 Å². The molecule has 1 spiro atoms. The molecule has 5 rings (SSSR count). The molecule has 1 saturated heterocycles. The Balaban J connectivity index is 1.41. The van der Waals surface area contributed by atoms with E-state index in [0.717, 1.165) is 63.3 Å². The number of fused-ring (bicyclic) bond motifs is 1. The summed E-state index contributed by atoms with van der Waals surface area (Å²) in [5, 5.41) is 4.00. The molecule has 7 nitrogen and oxygen atoms in total. The molecule has 1 aliphatic carbocycles. The molecule has 166 valence electrons. The molecule has 0 N–H and O–H groups in total. The van der Waals surface area contributed by atoms with Gasteiger partial charge in [0.05, 0.1) is 25.5 Å². The molecular weight excluding hydrogens is 394 g/mol. The van der Waals surface area contributed by atoms with Crippen molar-refractivity contribution < 1.29 is 18.8 Å². The maximum atomic E-state index is 13.6. The van der Waals surface area contributed by atoms with Crippen LogP contribution in [-0.2, 0) is 11.3 Å². The van der Waals surface area contributed by atoms with Crippen LogP contribution >= 0.6 is 0 Å². The number of hydrogen-bond donors (Lipinski definition) is 0. The Morgan fingerprint density at radius 2 is 1.87 bits per heavy atom. The van der Waals surface area contributed by atoms with Crippen LogP contribution in [-0.4, -0.2) is 65.4 Å². The van der Waals surface area contributed by atoms with E-state index in [4.69, 9.17) is 14.0 Å². The predicted molar refractivity (Wildman–Crippen MR) is 115 cm³/mol. The quantitative estimate of drug-likeness (QED) is 0.735. The number of nitrogens with zero attached hydrogens (tertiary/aromatic N) is 3. The number of amides is 1. The summed E-state index contributed by atoms with van der Waals surface area (Å²) in [5.41, 5.74) is 1.92. The van der Waals surface area contributed by atoms with Crippen molar-refractivity contribution in [1.29, 1.82) is 0 Å². The van der Waals surface area contributed by atoms with E-state index in [2.05, 4.69) is 16.1 Å². The van der Waals surface area contributed by atoms with Gasteiger partial charge in [0.15, 0.2) is 0 Å². The second-order valence-corrected chi connectivity index (χ2v) is 9.13. The van der Waals surface area contributed by atoms with Gasteiger partial charge >= 0.3 is 0 Å². The van der Waals surface area contributed by atoms with Crippen LogP contribution in [0.4, 0.5) is 0 Å². The van der Waals surface area contributed by atoms with Crippen molar-refractivity contribution in [3.63, 3.8) is 0 Å². The van der Waals surface area contributed by atoms with E-state index < -0.39 is 0 Å². The standard InChI is InChI=1S/C24H31N3O4/c1-17-22(18(2)31-25-17)23(28)27-15-19-5-3-4-6-21(19)30-24(16-27)9-7-20(8-10-24)26-11-13-29-14-12-26/h3-6,20H,7-16H2,1-2H3. The molecule has 2 aromatic rings. The molecule has 1 aromatic carbocycles. The first-order valence-corrected chi connectivity index (χ1v) is 11.4. The summed E-state index contributed by atoms with van der Waals surface area (Å²) < 4.78 is 17.5. The number of ether oxygens (including phenoxy) is 2. The Hall–Kier alpha value is -2.38. The summed E-state index contributed by atoms with van der Waals surface area (Å²) >= 11 is 0. The third-order valence-electron chi connectivity index (χ3n) is 7.10. The molecule has 0 radical (unpaired) electrons.